The number of carboxylic acid groups (broad SMARTS) is 1. The third-order valence-corrected chi connectivity index (χ3v) is 4.29. The van der Waals surface area contributed by atoms with E-state index in [1.807, 2.05) is 30.3 Å². The molecule has 0 heterocycles. The van der Waals surface area contributed by atoms with Gasteiger partial charge in [0.1, 0.15) is 6.61 Å². The van der Waals surface area contributed by atoms with E-state index in [0.29, 0.717) is 13.1 Å². The number of nitrogens with two attached hydrogens (primary N) is 1. The first-order valence-electron chi connectivity index (χ1n) is 8.27. The van der Waals surface area contributed by atoms with Crippen molar-refractivity contribution < 1.29 is 19.4 Å². The van der Waals surface area contributed by atoms with Crippen molar-refractivity contribution in [3.05, 3.63) is 35.9 Å². The predicted molar refractivity (Wildman–Crippen MR) is 96.8 cm³/mol. The number of halogens is 1. The van der Waals surface area contributed by atoms with Crippen LogP contribution in [-0.2, 0) is 11.3 Å². The Morgan fingerprint density at radius 2 is 1.84 bits per heavy atom. The summed E-state index contributed by atoms with van der Waals surface area (Å²) in [7, 11) is 0. The molecule has 1 aromatic carbocycles. The zero-order valence-electron chi connectivity index (χ0n) is 14.1. The molecule has 4 N–H and O–H groups in total. The fraction of sp³-hybridized carbons (Fsp3) is 0.529. The van der Waals surface area contributed by atoms with Crippen LogP contribution in [0.4, 0.5) is 9.59 Å². The molecule has 140 valence electrons. The van der Waals surface area contributed by atoms with E-state index in [2.05, 4.69) is 5.32 Å². The summed E-state index contributed by atoms with van der Waals surface area (Å²) in [6, 6.07) is 9.50. The molecule has 8 heteroatoms. The van der Waals surface area contributed by atoms with Gasteiger partial charge < -0.3 is 25.8 Å². The summed E-state index contributed by atoms with van der Waals surface area (Å²) in [6.45, 7) is 0.902. The van der Waals surface area contributed by atoms with Crippen molar-refractivity contribution in [1.82, 2.24) is 10.2 Å². The fourth-order valence-electron chi connectivity index (χ4n) is 3.04. The molecule has 0 radical (unpaired) electrons. The molecule has 1 aromatic rings. The summed E-state index contributed by atoms with van der Waals surface area (Å²) in [5, 5.41) is 12.1. The molecule has 0 atom stereocenters. The molecule has 0 aromatic heterocycles. The zero-order chi connectivity index (χ0) is 17.4. The number of carbonyl (C=O) groups is 2. The van der Waals surface area contributed by atoms with Crippen LogP contribution >= 0.6 is 12.4 Å². The summed E-state index contributed by atoms with van der Waals surface area (Å²) < 4.78 is 5.21. The average Bonchev–Trinajstić information content (AvgIpc) is 2.59. The molecule has 1 saturated carbocycles. The average molecular weight is 372 g/mol. The van der Waals surface area contributed by atoms with Gasteiger partial charge in [-0.15, -0.1) is 12.4 Å². The largest absolute Gasteiger partial charge is 0.465 e. The maximum Gasteiger partial charge on any atom is 0.407 e. The molecule has 2 rings (SSSR count). The van der Waals surface area contributed by atoms with Gasteiger partial charge in [-0.25, -0.2) is 9.59 Å². The van der Waals surface area contributed by atoms with E-state index in [4.69, 9.17) is 10.5 Å². The number of alkyl carbamates (subject to hydrolysis) is 1. The third kappa shape index (κ3) is 6.80. The second-order valence-corrected chi connectivity index (χ2v) is 5.98. The van der Waals surface area contributed by atoms with E-state index in [-0.39, 0.29) is 31.1 Å². The first-order chi connectivity index (χ1) is 11.6. The van der Waals surface area contributed by atoms with E-state index >= 15 is 0 Å². The van der Waals surface area contributed by atoms with Gasteiger partial charge in [-0.2, -0.15) is 0 Å². The van der Waals surface area contributed by atoms with E-state index < -0.39 is 12.2 Å². The van der Waals surface area contributed by atoms with Crippen molar-refractivity contribution in [2.24, 2.45) is 5.73 Å². The smallest absolute Gasteiger partial charge is 0.407 e. The second kappa shape index (κ2) is 10.8. The highest BCUT2D eigenvalue weighted by molar-refractivity contribution is 5.85. The van der Waals surface area contributed by atoms with Crippen LogP contribution in [0.15, 0.2) is 30.3 Å². The van der Waals surface area contributed by atoms with E-state index in [1.54, 1.807) is 0 Å². The van der Waals surface area contributed by atoms with Crippen molar-refractivity contribution in [2.45, 2.75) is 44.4 Å². The Kier molecular flexibility index (Phi) is 9.08. The molecule has 2 amide bonds. The van der Waals surface area contributed by atoms with Crippen LogP contribution in [0, 0.1) is 0 Å². The van der Waals surface area contributed by atoms with Gasteiger partial charge in [-0.1, -0.05) is 30.3 Å². The van der Waals surface area contributed by atoms with Gasteiger partial charge in [0.25, 0.3) is 0 Å². The number of ether oxygens (including phenoxy) is 1. The maximum absolute atomic E-state index is 11.9. The van der Waals surface area contributed by atoms with Crippen molar-refractivity contribution in [1.29, 1.82) is 0 Å². The van der Waals surface area contributed by atoms with Crippen LogP contribution in [0.1, 0.15) is 31.2 Å². The summed E-state index contributed by atoms with van der Waals surface area (Å²) in [6.07, 6.45) is 1.54. The fourth-order valence-corrected chi connectivity index (χ4v) is 3.04. The van der Waals surface area contributed by atoms with E-state index in [9.17, 15) is 14.7 Å². The normalized spacial score (nSPS) is 19.4. The number of rotatable bonds is 6. The molecule has 0 unspecified atom stereocenters. The Balaban J connectivity index is 0.00000312. The van der Waals surface area contributed by atoms with Gasteiger partial charge >= 0.3 is 12.2 Å². The highest BCUT2D eigenvalue weighted by Gasteiger charge is 2.29. The molecular formula is C17H26ClN3O4. The van der Waals surface area contributed by atoms with Crippen molar-refractivity contribution in [3.8, 4) is 0 Å². The number of hydrogen-bond donors (Lipinski definition) is 3. The lowest BCUT2D eigenvalue weighted by Gasteiger charge is -2.35. The van der Waals surface area contributed by atoms with Crippen LogP contribution in [-0.4, -0.2) is 47.4 Å². The van der Waals surface area contributed by atoms with Gasteiger partial charge in [0.2, 0.25) is 0 Å². The Hall–Kier alpha value is -1.99. The lowest BCUT2D eigenvalue weighted by molar-refractivity contribution is 0.103. The van der Waals surface area contributed by atoms with E-state index in [1.165, 1.54) is 4.90 Å². The van der Waals surface area contributed by atoms with Crippen LogP contribution in [0.25, 0.3) is 0 Å². The topological polar surface area (TPSA) is 105 Å². The van der Waals surface area contributed by atoms with Crippen molar-refractivity contribution in [2.75, 3.05) is 13.1 Å². The maximum atomic E-state index is 11.9. The van der Waals surface area contributed by atoms with Crippen LogP contribution in [0.5, 0.6) is 0 Å². The van der Waals surface area contributed by atoms with Crippen LogP contribution in [0.3, 0.4) is 0 Å². The minimum atomic E-state index is -0.931. The molecule has 7 nitrogen and oxygen atoms in total. The highest BCUT2D eigenvalue weighted by atomic mass is 35.5. The molecule has 0 bridgehead atoms. The van der Waals surface area contributed by atoms with Gasteiger partial charge in [0, 0.05) is 25.2 Å². The number of carbonyl (C=O) groups excluding carboxylic acids is 1. The number of amides is 2. The summed E-state index contributed by atoms with van der Waals surface area (Å²) in [4.78, 5) is 24.5. The van der Waals surface area contributed by atoms with Gasteiger partial charge in [0.05, 0.1) is 0 Å². The second-order valence-electron chi connectivity index (χ2n) is 5.98. The lowest BCUT2D eigenvalue weighted by Crippen LogP contribution is -2.47. The molecule has 1 aliphatic rings. The number of nitrogens with zero attached hydrogens (tertiary/aromatic N) is 1. The van der Waals surface area contributed by atoms with Crippen LogP contribution < -0.4 is 11.1 Å². The molecule has 1 fully saturated rings. The Morgan fingerprint density at radius 3 is 2.40 bits per heavy atom. The molecule has 0 aliphatic heterocycles. The summed E-state index contributed by atoms with van der Waals surface area (Å²) in [5.74, 6) is 0. The van der Waals surface area contributed by atoms with Gasteiger partial charge in [-0.3, -0.25) is 0 Å². The highest BCUT2D eigenvalue weighted by Crippen LogP contribution is 2.23. The first kappa shape index (κ1) is 21.1. The molecule has 25 heavy (non-hydrogen) atoms. The SMILES string of the molecule is Cl.NCCN(C(=O)O)C1CCC(NC(=O)OCc2ccccc2)CC1. The van der Waals surface area contributed by atoms with Gasteiger partial charge in [-0.05, 0) is 31.2 Å². The van der Waals surface area contributed by atoms with E-state index in [0.717, 1.165) is 31.2 Å². The predicted octanol–water partition coefficient (Wildman–Crippen LogP) is 2.58. The molecular weight excluding hydrogens is 346 g/mol. The number of nitrogens with one attached hydrogen (secondary N) is 1. The van der Waals surface area contributed by atoms with Crippen LogP contribution in [0.2, 0.25) is 0 Å². The quantitative estimate of drug-likeness (QED) is 0.712. The summed E-state index contributed by atoms with van der Waals surface area (Å²) in [5.41, 5.74) is 6.41. The minimum absolute atomic E-state index is 0. The monoisotopic (exact) mass is 371 g/mol. The Bertz CT molecular complexity index is 536. The Morgan fingerprint density at radius 1 is 1.20 bits per heavy atom. The van der Waals surface area contributed by atoms with Crippen molar-refractivity contribution in [3.63, 3.8) is 0 Å². The molecule has 1 aliphatic carbocycles. The molecule has 0 saturated heterocycles. The van der Waals surface area contributed by atoms with Crippen molar-refractivity contribution >= 4 is 24.6 Å². The van der Waals surface area contributed by atoms with Gasteiger partial charge in [0.15, 0.2) is 0 Å². The summed E-state index contributed by atoms with van der Waals surface area (Å²) >= 11 is 0. The number of benzene rings is 1. The first-order valence-corrected chi connectivity index (χ1v) is 8.27. The third-order valence-electron chi connectivity index (χ3n) is 4.29. The zero-order valence-corrected chi connectivity index (χ0v) is 14.9. The molecule has 0 spiro atoms. The minimum Gasteiger partial charge on any atom is -0.465 e. The number of hydrogen-bond acceptors (Lipinski definition) is 4. The Labute approximate surface area is 153 Å². The standard InChI is InChI=1S/C17H25N3O4.ClH/c18-10-11-20(17(22)23)15-8-6-14(7-9-15)19-16(21)24-12-13-4-2-1-3-5-13;/h1-5,14-15H,6-12,18H2,(H,19,21)(H,22,23);1H. The lowest BCUT2D eigenvalue weighted by atomic mass is 9.90.